The Labute approximate surface area is 145 Å². The maximum absolute atomic E-state index is 12.4. The Hall–Kier alpha value is -2.92. The van der Waals surface area contributed by atoms with Crippen LogP contribution in [-0.2, 0) is 0 Å². The van der Waals surface area contributed by atoms with Crippen molar-refractivity contribution in [3.8, 4) is 0 Å². The van der Waals surface area contributed by atoms with E-state index in [2.05, 4.69) is 5.32 Å². The largest absolute Gasteiger partial charge is 0.451 e. The second kappa shape index (κ2) is 7.32. The SMILES string of the molecule is CN(C)[C@H](CNC(=O)c1cc(=O)c2ccccc2o1)c1ccccc1. The number of nitrogens with zero attached hydrogens (tertiary/aromatic N) is 1. The van der Waals surface area contributed by atoms with Crippen molar-refractivity contribution in [1.82, 2.24) is 10.2 Å². The Morgan fingerprint density at radius 3 is 2.48 bits per heavy atom. The second-order valence-electron chi connectivity index (χ2n) is 6.07. The number of likely N-dealkylation sites (N-methyl/N-ethyl adjacent to an activating group) is 1. The number of nitrogens with one attached hydrogen (secondary N) is 1. The molecule has 1 atom stereocenters. The summed E-state index contributed by atoms with van der Waals surface area (Å²) in [5, 5.41) is 3.32. The van der Waals surface area contributed by atoms with Gasteiger partial charge >= 0.3 is 0 Å². The molecule has 5 nitrogen and oxygen atoms in total. The number of hydrogen-bond donors (Lipinski definition) is 1. The number of amides is 1. The van der Waals surface area contributed by atoms with Crippen molar-refractivity contribution in [3.63, 3.8) is 0 Å². The zero-order valence-corrected chi connectivity index (χ0v) is 14.2. The average Bonchev–Trinajstić information content (AvgIpc) is 2.62. The number of hydrogen-bond acceptors (Lipinski definition) is 4. The molecule has 0 saturated heterocycles. The zero-order chi connectivity index (χ0) is 17.8. The summed E-state index contributed by atoms with van der Waals surface area (Å²) in [6.07, 6.45) is 0. The third kappa shape index (κ3) is 3.78. The van der Waals surface area contributed by atoms with E-state index in [1.54, 1.807) is 24.3 Å². The molecule has 1 aromatic heterocycles. The molecule has 0 saturated carbocycles. The van der Waals surface area contributed by atoms with Gasteiger partial charge in [0, 0.05) is 12.6 Å². The first-order valence-electron chi connectivity index (χ1n) is 8.08. The topological polar surface area (TPSA) is 62.6 Å². The Kier molecular flexibility index (Phi) is 4.95. The first kappa shape index (κ1) is 16.9. The minimum atomic E-state index is -0.398. The Morgan fingerprint density at radius 1 is 1.08 bits per heavy atom. The van der Waals surface area contributed by atoms with Crippen LogP contribution >= 0.6 is 0 Å². The molecule has 0 fully saturated rings. The van der Waals surface area contributed by atoms with Crippen LogP contribution in [0.4, 0.5) is 0 Å². The summed E-state index contributed by atoms with van der Waals surface area (Å²) in [6.45, 7) is 0.409. The molecular weight excluding hydrogens is 316 g/mol. The molecule has 0 aliphatic carbocycles. The number of fused-ring (bicyclic) bond motifs is 1. The molecule has 1 amide bonds. The van der Waals surface area contributed by atoms with Crippen LogP contribution in [0.5, 0.6) is 0 Å². The predicted octanol–water partition coefficient (Wildman–Crippen LogP) is 2.83. The van der Waals surface area contributed by atoms with Crippen LogP contribution in [0.15, 0.2) is 69.9 Å². The van der Waals surface area contributed by atoms with Crippen LogP contribution in [0, 0.1) is 0 Å². The van der Waals surface area contributed by atoms with Gasteiger partial charge in [0.25, 0.3) is 5.91 Å². The van der Waals surface area contributed by atoms with E-state index in [9.17, 15) is 9.59 Å². The molecule has 0 spiro atoms. The van der Waals surface area contributed by atoms with Crippen molar-refractivity contribution in [1.29, 1.82) is 0 Å². The van der Waals surface area contributed by atoms with Gasteiger partial charge in [0.1, 0.15) is 5.58 Å². The predicted molar refractivity (Wildman–Crippen MR) is 97.7 cm³/mol. The van der Waals surface area contributed by atoms with Crippen molar-refractivity contribution >= 4 is 16.9 Å². The number of carbonyl (C=O) groups is 1. The van der Waals surface area contributed by atoms with E-state index in [1.165, 1.54) is 6.07 Å². The number of carbonyl (C=O) groups excluding carboxylic acids is 1. The highest BCUT2D eigenvalue weighted by Crippen LogP contribution is 2.17. The summed E-state index contributed by atoms with van der Waals surface area (Å²) in [4.78, 5) is 26.6. The van der Waals surface area contributed by atoms with Crippen LogP contribution < -0.4 is 10.7 Å². The summed E-state index contributed by atoms with van der Waals surface area (Å²) >= 11 is 0. The fourth-order valence-corrected chi connectivity index (χ4v) is 2.77. The minimum absolute atomic E-state index is 0.0225. The molecule has 2 aromatic carbocycles. The van der Waals surface area contributed by atoms with Gasteiger partial charge in [-0.3, -0.25) is 9.59 Å². The summed E-state index contributed by atoms with van der Waals surface area (Å²) < 4.78 is 5.58. The number of rotatable bonds is 5. The van der Waals surface area contributed by atoms with Crippen molar-refractivity contribution < 1.29 is 9.21 Å². The van der Waals surface area contributed by atoms with Gasteiger partial charge in [0.05, 0.1) is 11.4 Å². The monoisotopic (exact) mass is 336 g/mol. The molecule has 0 radical (unpaired) electrons. The molecule has 1 heterocycles. The van der Waals surface area contributed by atoms with E-state index in [0.29, 0.717) is 17.5 Å². The minimum Gasteiger partial charge on any atom is -0.451 e. The standard InChI is InChI=1S/C20H20N2O3/c1-22(2)16(14-8-4-3-5-9-14)13-21-20(24)19-12-17(23)15-10-6-7-11-18(15)25-19/h3-12,16H,13H2,1-2H3,(H,21,24)/t16-/m1/s1. The third-order valence-electron chi connectivity index (χ3n) is 4.12. The average molecular weight is 336 g/mol. The van der Waals surface area contributed by atoms with Gasteiger partial charge in [-0.15, -0.1) is 0 Å². The highest BCUT2D eigenvalue weighted by Gasteiger charge is 2.17. The Balaban J connectivity index is 1.79. The molecular formula is C20H20N2O3. The first-order valence-corrected chi connectivity index (χ1v) is 8.08. The van der Waals surface area contributed by atoms with Crippen molar-refractivity contribution in [2.45, 2.75) is 6.04 Å². The lowest BCUT2D eigenvalue weighted by Crippen LogP contribution is -2.34. The number of benzene rings is 2. The lowest BCUT2D eigenvalue weighted by molar-refractivity contribution is 0.0914. The van der Waals surface area contributed by atoms with Gasteiger partial charge in [-0.25, -0.2) is 0 Å². The highest BCUT2D eigenvalue weighted by atomic mass is 16.3. The molecule has 5 heteroatoms. The van der Waals surface area contributed by atoms with E-state index >= 15 is 0 Å². The van der Waals surface area contributed by atoms with Crippen molar-refractivity contribution in [2.24, 2.45) is 0 Å². The van der Waals surface area contributed by atoms with Crippen molar-refractivity contribution in [2.75, 3.05) is 20.6 Å². The maximum Gasteiger partial charge on any atom is 0.287 e. The highest BCUT2D eigenvalue weighted by molar-refractivity contribution is 5.93. The van der Waals surface area contributed by atoms with Crippen molar-refractivity contribution in [3.05, 3.63) is 82.2 Å². The van der Waals surface area contributed by atoms with Crippen LogP contribution in [0.25, 0.3) is 11.0 Å². The maximum atomic E-state index is 12.4. The van der Waals surface area contributed by atoms with Crippen LogP contribution in [0.3, 0.4) is 0 Å². The van der Waals surface area contributed by atoms with Gasteiger partial charge in [0.2, 0.25) is 0 Å². The third-order valence-corrected chi connectivity index (χ3v) is 4.12. The van der Waals surface area contributed by atoms with Gasteiger partial charge in [-0.2, -0.15) is 0 Å². The molecule has 0 aliphatic heterocycles. The lowest BCUT2D eigenvalue weighted by Gasteiger charge is -2.25. The molecule has 3 rings (SSSR count). The summed E-state index contributed by atoms with van der Waals surface area (Å²) in [6, 6.07) is 18.1. The van der Waals surface area contributed by atoms with E-state index < -0.39 is 5.91 Å². The Morgan fingerprint density at radius 2 is 1.76 bits per heavy atom. The lowest BCUT2D eigenvalue weighted by atomic mass is 10.1. The molecule has 25 heavy (non-hydrogen) atoms. The fourth-order valence-electron chi connectivity index (χ4n) is 2.77. The molecule has 1 N–H and O–H groups in total. The Bertz CT molecular complexity index is 932. The zero-order valence-electron chi connectivity index (χ0n) is 14.2. The van der Waals surface area contributed by atoms with Gasteiger partial charge < -0.3 is 14.6 Å². The molecule has 3 aromatic rings. The fraction of sp³-hybridized carbons (Fsp3) is 0.200. The van der Waals surface area contributed by atoms with E-state index in [0.717, 1.165) is 5.56 Å². The number of para-hydroxylation sites is 1. The quantitative estimate of drug-likeness (QED) is 0.778. The van der Waals surface area contributed by atoms with Crippen LogP contribution in [0.2, 0.25) is 0 Å². The van der Waals surface area contributed by atoms with Crippen LogP contribution in [-0.4, -0.2) is 31.4 Å². The summed E-state index contributed by atoms with van der Waals surface area (Å²) in [5.41, 5.74) is 1.29. The van der Waals surface area contributed by atoms with Gasteiger partial charge in [-0.1, -0.05) is 42.5 Å². The smallest absolute Gasteiger partial charge is 0.287 e. The van der Waals surface area contributed by atoms with E-state index in [1.807, 2.05) is 49.3 Å². The molecule has 0 bridgehead atoms. The molecule has 0 unspecified atom stereocenters. The van der Waals surface area contributed by atoms with E-state index in [4.69, 9.17) is 4.42 Å². The van der Waals surface area contributed by atoms with E-state index in [-0.39, 0.29) is 17.2 Å². The summed E-state index contributed by atoms with van der Waals surface area (Å²) in [7, 11) is 3.92. The van der Waals surface area contributed by atoms with Gasteiger partial charge in [0.15, 0.2) is 11.2 Å². The van der Waals surface area contributed by atoms with Crippen LogP contribution in [0.1, 0.15) is 22.2 Å². The summed E-state index contributed by atoms with van der Waals surface area (Å²) in [5.74, 6) is -0.375. The normalized spacial score (nSPS) is 12.3. The van der Waals surface area contributed by atoms with Gasteiger partial charge in [-0.05, 0) is 31.8 Å². The first-order chi connectivity index (χ1) is 12.1. The molecule has 0 aliphatic rings. The second-order valence-corrected chi connectivity index (χ2v) is 6.07. The molecule has 128 valence electrons.